The van der Waals surface area contributed by atoms with Gasteiger partial charge in [-0.05, 0) is 60.7 Å². The highest BCUT2D eigenvalue weighted by Crippen LogP contribution is 2.30. The predicted molar refractivity (Wildman–Crippen MR) is 103 cm³/mol. The molecule has 0 amide bonds. The maximum absolute atomic E-state index is 12.9. The molecule has 138 valence electrons. The van der Waals surface area contributed by atoms with Crippen LogP contribution >= 0.6 is 11.3 Å². The molecule has 0 aliphatic rings. The first-order valence-electron chi connectivity index (χ1n) is 8.14. The molecule has 0 saturated carbocycles. The van der Waals surface area contributed by atoms with E-state index in [0.29, 0.717) is 5.75 Å². The molecule has 0 spiro atoms. The average molecular weight is 392 g/mol. The van der Waals surface area contributed by atoms with E-state index in [1.54, 1.807) is 35.8 Å². The van der Waals surface area contributed by atoms with E-state index in [2.05, 4.69) is 4.72 Å². The van der Waals surface area contributed by atoms with Crippen molar-refractivity contribution in [1.82, 2.24) is 4.72 Å². The Morgan fingerprint density at radius 2 is 1.96 bits per heavy atom. The van der Waals surface area contributed by atoms with Crippen LogP contribution in [0.3, 0.4) is 0 Å². The van der Waals surface area contributed by atoms with Gasteiger partial charge in [-0.15, -0.1) is 11.3 Å². The van der Waals surface area contributed by atoms with Crippen LogP contribution in [0.2, 0.25) is 0 Å². The van der Waals surface area contributed by atoms with Crippen LogP contribution in [0.15, 0.2) is 57.4 Å². The Kier molecular flexibility index (Phi) is 5.50. The monoisotopic (exact) mass is 391 g/mol. The second-order valence-corrected chi connectivity index (χ2v) is 8.74. The van der Waals surface area contributed by atoms with Crippen molar-refractivity contribution in [3.63, 3.8) is 0 Å². The van der Waals surface area contributed by atoms with E-state index in [4.69, 9.17) is 9.15 Å². The third-order valence-corrected chi connectivity index (χ3v) is 6.75. The second kappa shape index (κ2) is 7.65. The molecule has 1 atom stereocenters. The van der Waals surface area contributed by atoms with Gasteiger partial charge >= 0.3 is 0 Å². The van der Waals surface area contributed by atoms with Crippen LogP contribution < -0.4 is 9.46 Å². The van der Waals surface area contributed by atoms with Gasteiger partial charge in [-0.1, -0.05) is 6.07 Å². The van der Waals surface area contributed by atoms with Gasteiger partial charge in [-0.2, -0.15) is 0 Å². The van der Waals surface area contributed by atoms with Crippen LogP contribution in [0.4, 0.5) is 0 Å². The number of benzene rings is 1. The highest BCUT2D eigenvalue weighted by molar-refractivity contribution is 7.89. The average Bonchev–Trinajstić information content (AvgIpc) is 3.31. The summed E-state index contributed by atoms with van der Waals surface area (Å²) in [5.74, 6) is 0.880. The number of sulfonamides is 1. The zero-order chi connectivity index (χ0) is 18.7. The van der Waals surface area contributed by atoms with Crippen molar-refractivity contribution in [3.05, 3.63) is 69.8 Å². The van der Waals surface area contributed by atoms with Crippen LogP contribution in [-0.4, -0.2) is 22.1 Å². The number of hydrogen-bond acceptors (Lipinski definition) is 5. The summed E-state index contributed by atoms with van der Waals surface area (Å²) < 4.78 is 39.3. The molecule has 0 aliphatic carbocycles. The molecule has 0 radical (unpaired) electrons. The fourth-order valence-corrected chi connectivity index (χ4v) is 4.84. The van der Waals surface area contributed by atoms with E-state index in [-0.39, 0.29) is 17.4 Å². The molecule has 5 nitrogen and oxygen atoms in total. The molecule has 26 heavy (non-hydrogen) atoms. The summed E-state index contributed by atoms with van der Waals surface area (Å²) in [6.07, 6.45) is 1.59. The zero-order valence-corrected chi connectivity index (χ0v) is 16.5. The molecule has 3 aromatic rings. The van der Waals surface area contributed by atoms with E-state index in [1.165, 1.54) is 7.11 Å². The lowest BCUT2D eigenvalue weighted by molar-refractivity contribution is 0.401. The summed E-state index contributed by atoms with van der Waals surface area (Å²) in [7, 11) is -2.26. The Morgan fingerprint density at radius 3 is 2.58 bits per heavy atom. The van der Waals surface area contributed by atoms with Gasteiger partial charge in [0.25, 0.3) is 0 Å². The zero-order valence-electron chi connectivity index (χ0n) is 14.9. The Bertz CT molecular complexity index is 927. The molecule has 1 aromatic carbocycles. The summed E-state index contributed by atoms with van der Waals surface area (Å²) >= 11 is 1.57. The Hall–Kier alpha value is -2.09. The lowest BCUT2D eigenvalue weighted by Gasteiger charge is -2.16. The van der Waals surface area contributed by atoms with Crippen molar-refractivity contribution in [2.75, 3.05) is 13.7 Å². The number of ether oxygens (including phenoxy) is 1. The van der Waals surface area contributed by atoms with Crippen molar-refractivity contribution in [3.8, 4) is 5.75 Å². The first kappa shape index (κ1) is 18.7. The molecule has 1 N–H and O–H groups in total. The standard InChI is InChI=1S/C19H21NO4S2/c1-13-10-17(23-3)19(11-14(13)2)26(21,22)20-12-15(16-6-4-8-24-16)18-7-5-9-25-18/h4-11,15,20H,12H2,1-3H3/t15-/m1/s1. The van der Waals surface area contributed by atoms with Gasteiger partial charge in [0.2, 0.25) is 10.0 Å². The molecule has 2 heterocycles. The summed E-state index contributed by atoms with van der Waals surface area (Å²) in [5, 5.41) is 1.96. The maximum Gasteiger partial charge on any atom is 0.244 e. The smallest absolute Gasteiger partial charge is 0.244 e. The predicted octanol–water partition coefficient (Wildman–Crippen LogP) is 4.08. The molecule has 0 fully saturated rings. The van der Waals surface area contributed by atoms with Gasteiger partial charge in [-0.25, -0.2) is 13.1 Å². The minimum absolute atomic E-state index is 0.146. The van der Waals surface area contributed by atoms with Gasteiger partial charge in [0, 0.05) is 11.4 Å². The fourth-order valence-electron chi connectivity index (χ4n) is 2.72. The summed E-state index contributed by atoms with van der Waals surface area (Å²) in [4.78, 5) is 1.18. The third-order valence-electron chi connectivity index (χ3n) is 4.32. The molecule has 0 aliphatic heterocycles. The molecule has 0 unspecified atom stereocenters. The van der Waals surface area contributed by atoms with E-state index < -0.39 is 10.0 Å². The van der Waals surface area contributed by atoms with Crippen molar-refractivity contribution in [1.29, 1.82) is 0 Å². The summed E-state index contributed by atoms with van der Waals surface area (Å²) in [6, 6.07) is 11.0. The Balaban J connectivity index is 1.89. The van der Waals surface area contributed by atoms with Gasteiger partial charge < -0.3 is 9.15 Å². The topological polar surface area (TPSA) is 68.5 Å². The van der Waals surface area contributed by atoms with Crippen molar-refractivity contribution >= 4 is 21.4 Å². The minimum Gasteiger partial charge on any atom is -0.495 e. The Labute approximate surface area is 157 Å². The lowest BCUT2D eigenvalue weighted by Crippen LogP contribution is -2.29. The van der Waals surface area contributed by atoms with Crippen LogP contribution in [0.1, 0.15) is 27.7 Å². The summed E-state index contributed by atoms with van der Waals surface area (Å²) in [5.41, 5.74) is 1.87. The van der Waals surface area contributed by atoms with E-state index in [0.717, 1.165) is 21.8 Å². The van der Waals surface area contributed by atoms with Gasteiger partial charge in [0.15, 0.2) is 0 Å². The molecule has 0 saturated heterocycles. The summed E-state index contributed by atoms with van der Waals surface area (Å²) in [6.45, 7) is 4.00. The fraction of sp³-hybridized carbons (Fsp3) is 0.263. The normalized spacial score (nSPS) is 12.9. The molecular formula is C19H21NO4S2. The number of rotatable bonds is 7. The molecular weight excluding hydrogens is 370 g/mol. The lowest BCUT2D eigenvalue weighted by atomic mass is 10.1. The van der Waals surface area contributed by atoms with Gasteiger partial charge in [-0.3, -0.25) is 0 Å². The Morgan fingerprint density at radius 1 is 1.19 bits per heavy atom. The van der Waals surface area contributed by atoms with E-state index in [1.807, 2.05) is 37.4 Å². The van der Waals surface area contributed by atoms with Crippen LogP contribution in [0.25, 0.3) is 0 Å². The van der Waals surface area contributed by atoms with E-state index >= 15 is 0 Å². The van der Waals surface area contributed by atoms with Crippen LogP contribution in [-0.2, 0) is 10.0 Å². The van der Waals surface area contributed by atoms with Crippen LogP contribution in [0, 0.1) is 13.8 Å². The molecule has 7 heteroatoms. The number of hydrogen-bond donors (Lipinski definition) is 1. The van der Waals surface area contributed by atoms with Gasteiger partial charge in [0.1, 0.15) is 16.4 Å². The quantitative estimate of drug-likeness (QED) is 0.659. The molecule has 0 bridgehead atoms. The van der Waals surface area contributed by atoms with Crippen molar-refractivity contribution in [2.45, 2.75) is 24.7 Å². The van der Waals surface area contributed by atoms with Crippen molar-refractivity contribution in [2.24, 2.45) is 0 Å². The molecule has 3 rings (SSSR count). The number of furan rings is 1. The highest BCUT2D eigenvalue weighted by atomic mass is 32.2. The number of nitrogens with one attached hydrogen (secondary N) is 1. The van der Waals surface area contributed by atoms with E-state index in [9.17, 15) is 8.42 Å². The highest BCUT2D eigenvalue weighted by Gasteiger charge is 2.25. The van der Waals surface area contributed by atoms with Gasteiger partial charge in [0.05, 0.1) is 19.3 Å². The number of aryl methyl sites for hydroxylation is 2. The minimum atomic E-state index is -3.73. The van der Waals surface area contributed by atoms with Crippen LogP contribution in [0.5, 0.6) is 5.75 Å². The largest absolute Gasteiger partial charge is 0.495 e. The number of thiophene rings is 1. The first-order chi connectivity index (χ1) is 12.4. The SMILES string of the molecule is COc1cc(C)c(C)cc1S(=O)(=O)NC[C@H](c1ccco1)c1cccs1. The first-order valence-corrected chi connectivity index (χ1v) is 10.5. The third kappa shape index (κ3) is 3.85. The number of methoxy groups -OCH3 is 1. The van der Waals surface area contributed by atoms with Crippen molar-refractivity contribution < 1.29 is 17.6 Å². The maximum atomic E-state index is 12.9. The molecule has 2 aromatic heterocycles. The second-order valence-electron chi connectivity index (χ2n) is 6.02.